The molecule has 0 fully saturated rings. The van der Waals surface area contributed by atoms with Crippen LogP contribution in [0.3, 0.4) is 0 Å². The summed E-state index contributed by atoms with van der Waals surface area (Å²) in [4.78, 5) is 14.5. The van der Waals surface area contributed by atoms with Crippen LogP contribution >= 0.6 is 0 Å². The molecule has 0 amide bonds. The molecule has 2 rings (SSSR count). The highest BCUT2D eigenvalue weighted by molar-refractivity contribution is 5.77. The molecule has 17 heavy (non-hydrogen) atoms. The molecule has 1 N–H and O–H groups in total. The fraction of sp³-hybridized carbons (Fsp3) is 0.333. The highest BCUT2D eigenvalue weighted by Crippen LogP contribution is 2.21. The third kappa shape index (κ3) is 2.62. The fourth-order valence-electron chi connectivity index (χ4n) is 1.71. The number of aromatic nitrogens is 1. The van der Waals surface area contributed by atoms with Gasteiger partial charge < -0.3 is 14.3 Å². The summed E-state index contributed by atoms with van der Waals surface area (Å²) in [5, 5.41) is 8.44. The van der Waals surface area contributed by atoms with Gasteiger partial charge >= 0.3 is 5.97 Å². The number of carboxylic acids is 1. The Morgan fingerprint density at radius 3 is 2.94 bits per heavy atom. The first-order chi connectivity index (χ1) is 8.06. The quantitative estimate of drug-likeness (QED) is 0.877. The van der Waals surface area contributed by atoms with Crippen LogP contribution in [0, 0.1) is 13.8 Å². The zero-order valence-corrected chi connectivity index (χ0v) is 9.69. The Labute approximate surface area is 98.0 Å². The number of aliphatic carboxylic acids is 1. The third-order valence-corrected chi connectivity index (χ3v) is 2.32. The second kappa shape index (κ2) is 4.55. The van der Waals surface area contributed by atoms with Gasteiger partial charge in [-0.3, -0.25) is 0 Å². The van der Waals surface area contributed by atoms with E-state index in [2.05, 4.69) is 4.98 Å². The van der Waals surface area contributed by atoms with Crippen molar-refractivity contribution in [3.63, 3.8) is 0 Å². The molecule has 0 radical (unpaired) electrons. The molecule has 1 aromatic carbocycles. The van der Waals surface area contributed by atoms with Crippen molar-refractivity contribution < 1.29 is 19.1 Å². The van der Waals surface area contributed by atoms with Crippen LogP contribution in [0.4, 0.5) is 0 Å². The summed E-state index contributed by atoms with van der Waals surface area (Å²) >= 11 is 0. The van der Waals surface area contributed by atoms with E-state index >= 15 is 0 Å². The summed E-state index contributed by atoms with van der Waals surface area (Å²) in [6.45, 7) is 3.65. The monoisotopic (exact) mass is 235 g/mol. The summed E-state index contributed by atoms with van der Waals surface area (Å²) in [7, 11) is 0. The minimum Gasteiger partial charge on any atom is -0.480 e. The van der Waals surface area contributed by atoms with Gasteiger partial charge in [-0.1, -0.05) is 6.07 Å². The number of aryl methyl sites for hydroxylation is 2. The molecule has 0 saturated heterocycles. The first-order valence-electron chi connectivity index (χ1n) is 5.22. The van der Waals surface area contributed by atoms with Crippen molar-refractivity contribution in [2.24, 2.45) is 0 Å². The summed E-state index contributed by atoms with van der Waals surface area (Å²) < 4.78 is 10.4. The molecule has 0 aliphatic carbocycles. The largest absolute Gasteiger partial charge is 0.480 e. The van der Waals surface area contributed by atoms with Crippen molar-refractivity contribution in [1.82, 2.24) is 4.98 Å². The van der Waals surface area contributed by atoms with Crippen LogP contribution in [-0.4, -0.2) is 22.7 Å². The maximum absolute atomic E-state index is 10.3. The Balaban J connectivity index is 2.20. The Kier molecular flexibility index (Phi) is 3.10. The van der Waals surface area contributed by atoms with Crippen LogP contribution in [0.1, 0.15) is 17.0 Å². The molecule has 0 aliphatic rings. The molecule has 0 unspecified atom stereocenters. The molecule has 0 saturated carbocycles. The normalized spacial score (nSPS) is 10.9. The van der Waals surface area contributed by atoms with E-state index in [4.69, 9.17) is 14.3 Å². The molecule has 1 aromatic heterocycles. The van der Waals surface area contributed by atoms with E-state index in [-0.39, 0.29) is 13.2 Å². The molecular formula is C12H13NO4. The smallest absolute Gasteiger partial charge is 0.329 e. The maximum Gasteiger partial charge on any atom is 0.329 e. The SMILES string of the molecule is Cc1cc(C)c2oc(COCC(=O)O)nc2c1. The molecule has 5 nitrogen and oxygen atoms in total. The number of carbonyl (C=O) groups is 1. The number of ether oxygens (including phenoxy) is 1. The number of hydrogen-bond acceptors (Lipinski definition) is 4. The number of hydrogen-bond donors (Lipinski definition) is 1. The standard InChI is InChI=1S/C12H13NO4/c1-7-3-8(2)12-9(4-7)13-10(17-12)5-16-6-11(14)15/h3-4H,5-6H2,1-2H3,(H,14,15). The van der Waals surface area contributed by atoms with E-state index < -0.39 is 5.97 Å². The molecule has 0 atom stereocenters. The highest BCUT2D eigenvalue weighted by Gasteiger charge is 2.09. The minimum atomic E-state index is -1.01. The number of nitrogens with zero attached hydrogens (tertiary/aromatic N) is 1. The predicted octanol–water partition coefficient (Wildman–Crippen LogP) is 2.05. The van der Waals surface area contributed by atoms with Crippen molar-refractivity contribution in [1.29, 1.82) is 0 Å². The lowest BCUT2D eigenvalue weighted by molar-refractivity contribution is -0.142. The van der Waals surface area contributed by atoms with Crippen molar-refractivity contribution in [3.8, 4) is 0 Å². The van der Waals surface area contributed by atoms with Gasteiger partial charge in [-0.2, -0.15) is 0 Å². The van der Waals surface area contributed by atoms with Gasteiger partial charge in [-0.05, 0) is 31.0 Å². The Hall–Kier alpha value is -1.88. The number of benzene rings is 1. The van der Waals surface area contributed by atoms with Gasteiger partial charge in [-0.15, -0.1) is 0 Å². The molecule has 0 aliphatic heterocycles. The number of carboxylic acid groups (broad SMARTS) is 1. The summed E-state index contributed by atoms with van der Waals surface area (Å²) in [5.41, 5.74) is 3.62. The predicted molar refractivity (Wildman–Crippen MR) is 60.8 cm³/mol. The van der Waals surface area contributed by atoms with Crippen molar-refractivity contribution in [3.05, 3.63) is 29.2 Å². The Bertz CT molecular complexity index is 559. The zero-order chi connectivity index (χ0) is 12.4. The average Bonchev–Trinajstić information content (AvgIpc) is 2.60. The lowest BCUT2D eigenvalue weighted by atomic mass is 10.1. The Morgan fingerprint density at radius 2 is 2.24 bits per heavy atom. The number of rotatable bonds is 4. The van der Waals surface area contributed by atoms with Gasteiger partial charge in [0.05, 0.1) is 0 Å². The lowest BCUT2D eigenvalue weighted by Gasteiger charge is -1.96. The minimum absolute atomic E-state index is 0.0689. The van der Waals surface area contributed by atoms with E-state index in [1.807, 2.05) is 26.0 Å². The van der Waals surface area contributed by atoms with Crippen LogP contribution < -0.4 is 0 Å². The first kappa shape index (κ1) is 11.6. The summed E-state index contributed by atoms with van der Waals surface area (Å²) in [5.74, 6) is -0.608. The van der Waals surface area contributed by atoms with E-state index in [1.54, 1.807) is 0 Å². The Morgan fingerprint density at radius 1 is 1.47 bits per heavy atom. The second-order valence-corrected chi connectivity index (χ2v) is 3.92. The van der Waals surface area contributed by atoms with E-state index in [0.29, 0.717) is 5.89 Å². The van der Waals surface area contributed by atoms with Crippen LogP contribution in [0.15, 0.2) is 16.5 Å². The van der Waals surface area contributed by atoms with Crippen LogP contribution in [0.25, 0.3) is 11.1 Å². The van der Waals surface area contributed by atoms with E-state index in [9.17, 15) is 4.79 Å². The van der Waals surface area contributed by atoms with Gasteiger partial charge in [0, 0.05) is 0 Å². The van der Waals surface area contributed by atoms with Crippen molar-refractivity contribution >= 4 is 17.1 Å². The summed E-state index contributed by atoms with van der Waals surface area (Å²) in [6, 6.07) is 3.93. The molecular weight excluding hydrogens is 222 g/mol. The van der Waals surface area contributed by atoms with Crippen molar-refractivity contribution in [2.45, 2.75) is 20.5 Å². The fourth-order valence-corrected chi connectivity index (χ4v) is 1.71. The lowest BCUT2D eigenvalue weighted by Crippen LogP contribution is -2.06. The van der Waals surface area contributed by atoms with Crippen molar-refractivity contribution in [2.75, 3.05) is 6.61 Å². The second-order valence-electron chi connectivity index (χ2n) is 3.92. The van der Waals surface area contributed by atoms with Gasteiger partial charge in [0.25, 0.3) is 0 Å². The van der Waals surface area contributed by atoms with Gasteiger partial charge in [0.15, 0.2) is 5.58 Å². The van der Waals surface area contributed by atoms with E-state index in [0.717, 1.165) is 22.2 Å². The first-order valence-corrected chi connectivity index (χ1v) is 5.22. The maximum atomic E-state index is 10.3. The van der Waals surface area contributed by atoms with Gasteiger partial charge in [-0.25, -0.2) is 9.78 Å². The number of fused-ring (bicyclic) bond motifs is 1. The van der Waals surface area contributed by atoms with E-state index in [1.165, 1.54) is 0 Å². The van der Waals surface area contributed by atoms with Gasteiger partial charge in [0.1, 0.15) is 18.7 Å². The molecule has 0 bridgehead atoms. The topological polar surface area (TPSA) is 72.6 Å². The molecule has 1 heterocycles. The molecule has 90 valence electrons. The third-order valence-electron chi connectivity index (χ3n) is 2.32. The zero-order valence-electron chi connectivity index (χ0n) is 9.69. The molecule has 5 heteroatoms. The molecule has 0 spiro atoms. The highest BCUT2D eigenvalue weighted by atomic mass is 16.5. The summed E-state index contributed by atoms with van der Waals surface area (Å²) in [6.07, 6.45) is 0. The number of oxazole rings is 1. The average molecular weight is 235 g/mol. The van der Waals surface area contributed by atoms with Crippen LogP contribution in [-0.2, 0) is 16.1 Å². The van der Waals surface area contributed by atoms with Gasteiger partial charge in [0.2, 0.25) is 5.89 Å². The van der Waals surface area contributed by atoms with Crippen LogP contribution in [0.5, 0.6) is 0 Å². The van der Waals surface area contributed by atoms with Crippen LogP contribution in [0.2, 0.25) is 0 Å². The molecule has 2 aromatic rings.